The van der Waals surface area contributed by atoms with E-state index in [2.05, 4.69) is 26.1 Å². The average molecular weight is 223 g/mol. The summed E-state index contributed by atoms with van der Waals surface area (Å²) in [5.41, 5.74) is 0.786. The van der Waals surface area contributed by atoms with E-state index in [9.17, 15) is 4.39 Å². The molecule has 0 amide bonds. The van der Waals surface area contributed by atoms with Gasteiger partial charge >= 0.3 is 0 Å². The molecule has 0 aliphatic carbocycles. The molecule has 90 valence electrons. The minimum Gasteiger partial charge on any atom is -0.310 e. The van der Waals surface area contributed by atoms with E-state index in [1.54, 1.807) is 6.07 Å². The summed E-state index contributed by atoms with van der Waals surface area (Å²) in [6, 6.07) is 7.17. The first kappa shape index (κ1) is 13.2. The highest BCUT2D eigenvalue weighted by Crippen LogP contribution is 2.19. The van der Waals surface area contributed by atoms with Crippen LogP contribution < -0.4 is 5.32 Å². The maximum absolute atomic E-state index is 13.6. The second-order valence-electron chi connectivity index (χ2n) is 4.62. The lowest BCUT2D eigenvalue weighted by Crippen LogP contribution is -2.23. The second-order valence-corrected chi connectivity index (χ2v) is 4.62. The van der Waals surface area contributed by atoms with E-state index < -0.39 is 0 Å². The van der Waals surface area contributed by atoms with E-state index in [-0.39, 0.29) is 11.9 Å². The number of benzene rings is 1. The van der Waals surface area contributed by atoms with Crippen LogP contribution in [0.5, 0.6) is 0 Å². The van der Waals surface area contributed by atoms with Crippen LogP contribution in [0, 0.1) is 11.7 Å². The van der Waals surface area contributed by atoms with Gasteiger partial charge in [-0.15, -0.1) is 0 Å². The van der Waals surface area contributed by atoms with Crippen molar-refractivity contribution in [3.05, 3.63) is 35.6 Å². The fraction of sp³-hybridized carbons (Fsp3) is 0.571. The standard InChI is InChI=1S/C14H22FN/c1-4-14(16-10-9-11(2)3)12-7-5-6-8-13(12)15/h5-8,11,14,16H,4,9-10H2,1-3H3. The largest absolute Gasteiger partial charge is 0.310 e. The van der Waals surface area contributed by atoms with E-state index in [1.807, 2.05) is 12.1 Å². The van der Waals surface area contributed by atoms with Gasteiger partial charge in [0.1, 0.15) is 5.82 Å². The maximum atomic E-state index is 13.6. The summed E-state index contributed by atoms with van der Waals surface area (Å²) < 4.78 is 13.6. The smallest absolute Gasteiger partial charge is 0.127 e. The number of halogens is 1. The minimum atomic E-state index is -0.105. The Morgan fingerprint density at radius 3 is 2.50 bits per heavy atom. The monoisotopic (exact) mass is 223 g/mol. The van der Waals surface area contributed by atoms with Crippen LogP contribution in [-0.2, 0) is 0 Å². The molecule has 1 atom stereocenters. The summed E-state index contributed by atoms with van der Waals surface area (Å²) in [5, 5.41) is 3.42. The van der Waals surface area contributed by atoms with Crippen LogP contribution >= 0.6 is 0 Å². The highest BCUT2D eigenvalue weighted by Gasteiger charge is 2.12. The zero-order chi connectivity index (χ0) is 12.0. The van der Waals surface area contributed by atoms with Gasteiger partial charge in [0, 0.05) is 11.6 Å². The van der Waals surface area contributed by atoms with Gasteiger partial charge in [-0.25, -0.2) is 4.39 Å². The van der Waals surface area contributed by atoms with Crippen molar-refractivity contribution in [1.82, 2.24) is 5.32 Å². The van der Waals surface area contributed by atoms with Gasteiger partial charge < -0.3 is 5.32 Å². The van der Waals surface area contributed by atoms with Gasteiger partial charge in [0.05, 0.1) is 0 Å². The molecule has 2 heteroatoms. The Morgan fingerprint density at radius 2 is 1.94 bits per heavy atom. The zero-order valence-electron chi connectivity index (χ0n) is 10.5. The highest BCUT2D eigenvalue weighted by molar-refractivity contribution is 5.20. The molecule has 0 saturated heterocycles. The third-order valence-electron chi connectivity index (χ3n) is 2.80. The Hall–Kier alpha value is -0.890. The quantitative estimate of drug-likeness (QED) is 0.771. The Labute approximate surface area is 98.1 Å². The molecular weight excluding hydrogens is 201 g/mol. The van der Waals surface area contributed by atoms with Crippen LogP contribution in [0.3, 0.4) is 0 Å². The topological polar surface area (TPSA) is 12.0 Å². The molecule has 0 bridgehead atoms. The first-order valence-electron chi connectivity index (χ1n) is 6.13. The lowest BCUT2D eigenvalue weighted by Gasteiger charge is -2.18. The van der Waals surface area contributed by atoms with E-state index in [4.69, 9.17) is 0 Å². The first-order valence-corrected chi connectivity index (χ1v) is 6.13. The number of hydrogen-bond acceptors (Lipinski definition) is 1. The molecule has 0 radical (unpaired) electrons. The Kier molecular flexibility index (Phi) is 5.47. The molecule has 1 nitrogen and oxygen atoms in total. The Morgan fingerprint density at radius 1 is 1.25 bits per heavy atom. The molecule has 0 spiro atoms. The summed E-state index contributed by atoms with van der Waals surface area (Å²) in [5.74, 6) is 0.581. The average Bonchev–Trinajstić information content (AvgIpc) is 2.25. The zero-order valence-corrected chi connectivity index (χ0v) is 10.5. The summed E-state index contributed by atoms with van der Waals surface area (Å²) in [7, 11) is 0. The maximum Gasteiger partial charge on any atom is 0.127 e. The van der Waals surface area contributed by atoms with Crippen molar-refractivity contribution in [2.45, 2.75) is 39.7 Å². The van der Waals surface area contributed by atoms with Crippen LogP contribution in [0.1, 0.15) is 45.2 Å². The number of hydrogen-bond donors (Lipinski definition) is 1. The van der Waals surface area contributed by atoms with Gasteiger partial charge in [-0.3, -0.25) is 0 Å². The van der Waals surface area contributed by atoms with E-state index >= 15 is 0 Å². The van der Waals surface area contributed by atoms with E-state index in [1.165, 1.54) is 6.07 Å². The molecule has 0 aromatic heterocycles. The highest BCUT2D eigenvalue weighted by atomic mass is 19.1. The SMILES string of the molecule is CCC(NCCC(C)C)c1ccccc1F. The van der Waals surface area contributed by atoms with Crippen molar-refractivity contribution in [2.24, 2.45) is 5.92 Å². The molecular formula is C14H22FN. The first-order chi connectivity index (χ1) is 7.65. The van der Waals surface area contributed by atoms with Gasteiger partial charge in [-0.05, 0) is 31.4 Å². The third kappa shape index (κ3) is 3.93. The molecule has 1 aromatic rings. The minimum absolute atomic E-state index is 0.105. The third-order valence-corrected chi connectivity index (χ3v) is 2.80. The van der Waals surface area contributed by atoms with Crippen molar-refractivity contribution < 1.29 is 4.39 Å². The molecule has 0 heterocycles. The normalized spacial score (nSPS) is 13.1. The van der Waals surface area contributed by atoms with Crippen molar-refractivity contribution >= 4 is 0 Å². The molecule has 1 rings (SSSR count). The van der Waals surface area contributed by atoms with Crippen molar-refractivity contribution in [3.8, 4) is 0 Å². The lowest BCUT2D eigenvalue weighted by atomic mass is 10.0. The molecule has 0 aliphatic rings. The molecule has 1 unspecified atom stereocenters. The molecule has 0 aliphatic heterocycles. The van der Waals surface area contributed by atoms with Gasteiger partial charge in [0.15, 0.2) is 0 Å². The Bertz CT molecular complexity index is 309. The fourth-order valence-corrected chi connectivity index (χ4v) is 1.78. The number of nitrogens with one attached hydrogen (secondary N) is 1. The van der Waals surface area contributed by atoms with Gasteiger partial charge in [0.25, 0.3) is 0 Å². The van der Waals surface area contributed by atoms with Crippen molar-refractivity contribution in [3.63, 3.8) is 0 Å². The van der Waals surface area contributed by atoms with E-state index in [0.717, 1.165) is 24.9 Å². The fourth-order valence-electron chi connectivity index (χ4n) is 1.78. The predicted octanol–water partition coefficient (Wildman–Crippen LogP) is 3.91. The molecule has 0 fully saturated rings. The van der Waals surface area contributed by atoms with Gasteiger partial charge in [0.2, 0.25) is 0 Å². The second kappa shape index (κ2) is 6.64. The Balaban J connectivity index is 2.57. The van der Waals surface area contributed by atoms with Gasteiger partial charge in [-0.2, -0.15) is 0 Å². The van der Waals surface area contributed by atoms with Crippen molar-refractivity contribution in [2.75, 3.05) is 6.54 Å². The van der Waals surface area contributed by atoms with Crippen LogP contribution in [0.15, 0.2) is 24.3 Å². The summed E-state index contributed by atoms with van der Waals surface area (Å²) in [6.07, 6.45) is 2.05. The molecule has 16 heavy (non-hydrogen) atoms. The van der Waals surface area contributed by atoms with E-state index in [0.29, 0.717) is 5.92 Å². The van der Waals surface area contributed by atoms with Crippen molar-refractivity contribution in [1.29, 1.82) is 0 Å². The summed E-state index contributed by atoms with van der Waals surface area (Å²) in [4.78, 5) is 0. The number of rotatable bonds is 6. The summed E-state index contributed by atoms with van der Waals surface area (Å²) >= 11 is 0. The summed E-state index contributed by atoms with van der Waals surface area (Å²) in [6.45, 7) is 7.43. The lowest BCUT2D eigenvalue weighted by molar-refractivity contribution is 0.455. The molecule has 0 saturated carbocycles. The van der Waals surface area contributed by atoms with Crippen LogP contribution in [0.2, 0.25) is 0 Å². The molecule has 1 N–H and O–H groups in total. The van der Waals surface area contributed by atoms with Crippen LogP contribution in [-0.4, -0.2) is 6.54 Å². The van der Waals surface area contributed by atoms with Crippen LogP contribution in [0.25, 0.3) is 0 Å². The predicted molar refractivity (Wildman–Crippen MR) is 66.9 cm³/mol. The molecule has 1 aromatic carbocycles. The van der Waals surface area contributed by atoms with Crippen LogP contribution in [0.4, 0.5) is 4.39 Å². The van der Waals surface area contributed by atoms with Gasteiger partial charge in [-0.1, -0.05) is 39.0 Å².